The van der Waals surface area contributed by atoms with E-state index in [9.17, 15) is 0 Å². The first-order valence-electron chi connectivity index (χ1n) is 11.5. The van der Waals surface area contributed by atoms with Gasteiger partial charge in [-0.2, -0.15) is 0 Å². The summed E-state index contributed by atoms with van der Waals surface area (Å²) in [7, 11) is -1.89. The van der Waals surface area contributed by atoms with Crippen LogP contribution in [-0.2, 0) is 20.5 Å². The molecule has 176 valence electrons. The van der Waals surface area contributed by atoms with Crippen LogP contribution in [0.5, 0.6) is 5.75 Å². The topological polar surface area (TPSA) is 36.9 Å². The second-order valence-corrected chi connectivity index (χ2v) is 14.9. The molecule has 5 atom stereocenters. The monoisotopic (exact) mass is 482 g/mol. The second-order valence-electron chi connectivity index (χ2n) is 9.49. The molecule has 0 amide bonds. The van der Waals surface area contributed by atoms with Crippen LogP contribution in [0.15, 0.2) is 72.8 Å². The van der Waals surface area contributed by atoms with Crippen molar-refractivity contribution in [2.45, 2.75) is 63.0 Å². The minimum absolute atomic E-state index is 0.107. The van der Waals surface area contributed by atoms with Crippen LogP contribution in [0.25, 0.3) is 10.8 Å². The molecule has 0 bridgehead atoms. The molecule has 3 aromatic rings. The van der Waals surface area contributed by atoms with Gasteiger partial charge in [0.25, 0.3) is 0 Å². The van der Waals surface area contributed by atoms with Gasteiger partial charge in [-0.1, -0.05) is 60.7 Å². The van der Waals surface area contributed by atoms with Crippen molar-refractivity contribution in [1.29, 1.82) is 0 Å². The van der Waals surface area contributed by atoms with Crippen LogP contribution in [0.3, 0.4) is 0 Å². The maximum Gasteiger partial charge on any atom is 0.184 e. The van der Waals surface area contributed by atoms with E-state index < -0.39 is 8.32 Å². The molecule has 0 N–H and O–H groups in total. The molecule has 6 heteroatoms. The fraction of sp³-hybridized carbons (Fsp3) is 0.407. The molecule has 4 rings (SSSR count). The van der Waals surface area contributed by atoms with E-state index in [4.69, 9.17) is 18.6 Å². The summed E-state index contributed by atoms with van der Waals surface area (Å²) in [5.41, 5.74) is 0.986. The lowest BCUT2D eigenvalue weighted by Crippen LogP contribution is -2.61. The van der Waals surface area contributed by atoms with Gasteiger partial charge in [0.15, 0.2) is 14.4 Å². The van der Waals surface area contributed by atoms with Crippen molar-refractivity contribution in [2.24, 2.45) is 0 Å². The molecule has 3 aromatic carbocycles. The molecule has 1 aliphatic rings. The molecule has 4 nitrogen and oxygen atoms in total. The normalized spacial score (nSPS) is 25.8. The summed E-state index contributed by atoms with van der Waals surface area (Å²) in [5.74, 6) is 0.821. The highest BCUT2D eigenvalue weighted by Gasteiger charge is 2.48. The van der Waals surface area contributed by atoms with Gasteiger partial charge in [0.2, 0.25) is 0 Å². The van der Waals surface area contributed by atoms with E-state index in [1.807, 2.05) is 30.3 Å². The molecule has 33 heavy (non-hydrogen) atoms. The summed E-state index contributed by atoms with van der Waals surface area (Å²) in [6.45, 7) is 9.22. The lowest BCUT2D eigenvalue weighted by molar-refractivity contribution is -0.200. The fourth-order valence-corrected chi connectivity index (χ4v) is 6.07. The number of ether oxygens (including phenoxy) is 3. The summed E-state index contributed by atoms with van der Waals surface area (Å²) < 4.78 is 26.2. The number of hydrogen-bond donors (Lipinski definition) is 0. The highest BCUT2D eigenvalue weighted by molar-refractivity contribution is 7.99. The van der Waals surface area contributed by atoms with Gasteiger partial charge in [-0.25, -0.2) is 0 Å². The predicted octanol–water partition coefficient (Wildman–Crippen LogP) is 6.50. The van der Waals surface area contributed by atoms with Crippen molar-refractivity contribution in [3.63, 3.8) is 0 Å². The fourth-order valence-electron chi connectivity index (χ4n) is 4.22. The van der Waals surface area contributed by atoms with E-state index >= 15 is 0 Å². The number of rotatable bonds is 8. The molecule has 0 unspecified atom stereocenters. The zero-order valence-electron chi connectivity index (χ0n) is 20.1. The van der Waals surface area contributed by atoms with Crippen molar-refractivity contribution < 1.29 is 18.6 Å². The Bertz CT molecular complexity index is 1040. The average molecular weight is 483 g/mol. The highest BCUT2D eigenvalue weighted by atomic mass is 32.2. The summed E-state index contributed by atoms with van der Waals surface area (Å²) in [6, 6.07) is 24.8. The largest absolute Gasteiger partial charge is 0.484 e. The summed E-state index contributed by atoms with van der Waals surface area (Å²) in [6.07, 6.45) is 1.21. The molecule has 0 spiro atoms. The zero-order chi connectivity index (χ0) is 23.4. The summed E-state index contributed by atoms with van der Waals surface area (Å²) >= 11 is 1.66. The lowest BCUT2D eigenvalue weighted by Gasteiger charge is -2.46. The first kappa shape index (κ1) is 24.3. The van der Waals surface area contributed by atoms with Crippen LogP contribution >= 0.6 is 11.8 Å². The number of hydrogen-bond acceptors (Lipinski definition) is 5. The van der Waals surface area contributed by atoms with Crippen LogP contribution in [0.1, 0.15) is 12.5 Å². The smallest absolute Gasteiger partial charge is 0.184 e. The minimum Gasteiger partial charge on any atom is -0.484 e. The van der Waals surface area contributed by atoms with Crippen LogP contribution < -0.4 is 4.74 Å². The Balaban J connectivity index is 1.62. The van der Waals surface area contributed by atoms with Gasteiger partial charge >= 0.3 is 0 Å². The third-order valence-electron chi connectivity index (χ3n) is 5.73. The van der Waals surface area contributed by atoms with E-state index in [1.54, 1.807) is 11.8 Å². The highest BCUT2D eigenvalue weighted by Crippen LogP contribution is 2.35. The van der Waals surface area contributed by atoms with Crippen molar-refractivity contribution >= 4 is 30.9 Å². The van der Waals surface area contributed by atoms with Crippen molar-refractivity contribution in [2.75, 3.05) is 6.26 Å². The first-order chi connectivity index (χ1) is 15.8. The van der Waals surface area contributed by atoms with E-state index in [1.165, 1.54) is 5.39 Å². The maximum absolute atomic E-state index is 6.75. The van der Waals surface area contributed by atoms with Crippen molar-refractivity contribution in [3.8, 4) is 5.75 Å². The Labute approximate surface area is 202 Å². The van der Waals surface area contributed by atoms with Crippen LogP contribution in [0.4, 0.5) is 0 Å². The van der Waals surface area contributed by atoms with Crippen molar-refractivity contribution in [1.82, 2.24) is 0 Å². The molecule has 0 aliphatic carbocycles. The summed E-state index contributed by atoms with van der Waals surface area (Å²) in [5, 5.41) is 2.35. The third kappa shape index (κ3) is 6.19. The second kappa shape index (κ2) is 10.6. The van der Waals surface area contributed by atoms with Gasteiger partial charge in [-0.05, 0) is 61.3 Å². The maximum atomic E-state index is 6.75. The SMILES string of the molecule is CS[C@@H]1O[C@@H](C)[C@H](OCc2ccccc2)[C@@H](O[Si](C)(C)C)[C@H]1Oc1ccc2ccccc2c1. The zero-order valence-corrected chi connectivity index (χ0v) is 21.9. The quantitative estimate of drug-likeness (QED) is 0.343. The van der Waals surface area contributed by atoms with Crippen LogP contribution in [0.2, 0.25) is 19.6 Å². The van der Waals surface area contributed by atoms with Crippen molar-refractivity contribution in [3.05, 3.63) is 78.4 Å². The molecular formula is C27H34O4SSi. The summed E-state index contributed by atoms with van der Waals surface area (Å²) in [4.78, 5) is 0. The Morgan fingerprint density at radius 1 is 0.848 bits per heavy atom. The molecule has 0 radical (unpaired) electrons. The molecule has 0 saturated carbocycles. The standard InChI is InChI=1S/C27H34O4SSi/c1-19-24(28-18-20-11-7-6-8-12-20)25(31-33(3,4)5)26(27(29-19)32-2)30-23-16-15-21-13-9-10-14-22(21)17-23/h6-17,19,24-27H,18H2,1-5H3/t19-,24-,25+,26+,27-/m0/s1. The average Bonchev–Trinajstić information content (AvgIpc) is 2.80. The molecule has 1 heterocycles. The van der Waals surface area contributed by atoms with Crippen LogP contribution in [-0.4, -0.2) is 44.4 Å². The van der Waals surface area contributed by atoms with Gasteiger partial charge in [0, 0.05) is 0 Å². The van der Waals surface area contributed by atoms with Gasteiger partial charge in [0.05, 0.1) is 12.7 Å². The molecular weight excluding hydrogens is 448 g/mol. The molecule has 1 aliphatic heterocycles. The molecule has 0 aromatic heterocycles. The molecule has 1 fully saturated rings. The lowest BCUT2D eigenvalue weighted by atomic mass is 10.00. The van der Waals surface area contributed by atoms with E-state index in [-0.39, 0.29) is 29.9 Å². The van der Waals surface area contributed by atoms with E-state index in [2.05, 4.69) is 75.3 Å². The van der Waals surface area contributed by atoms with Gasteiger partial charge in [-0.3, -0.25) is 0 Å². The number of benzene rings is 3. The van der Waals surface area contributed by atoms with Crippen LogP contribution in [0, 0.1) is 0 Å². The third-order valence-corrected chi connectivity index (χ3v) is 7.55. The Kier molecular flexibility index (Phi) is 7.82. The Hall–Kier alpha value is -1.83. The number of thioether (sulfide) groups is 1. The Morgan fingerprint density at radius 2 is 1.55 bits per heavy atom. The predicted molar refractivity (Wildman–Crippen MR) is 139 cm³/mol. The van der Waals surface area contributed by atoms with E-state index in [0.717, 1.165) is 16.7 Å². The van der Waals surface area contributed by atoms with Gasteiger partial charge < -0.3 is 18.6 Å². The van der Waals surface area contributed by atoms with E-state index in [0.29, 0.717) is 6.61 Å². The first-order valence-corrected chi connectivity index (χ1v) is 16.2. The molecule has 1 saturated heterocycles. The van der Waals surface area contributed by atoms with Gasteiger partial charge in [-0.15, -0.1) is 11.8 Å². The minimum atomic E-state index is -1.89. The number of fused-ring (bicyclic) bond motifs is 1. The Morgan fingerprint density at radius 3 is 2.24 bits per heavy atom. The van der Waals surface area contributed by atoms with Gasteiger partial charge in [0.1, 0.15) is 23.4 Å².